The van der Waals surface area contributed by atoms with Crippen molar-refractivity contribution in [3.8, 4) is 5.75 Å². The highest BCUT2D eigenvalue weighted by molar-refractivity contribution is 7.89. The molecule has 0 amide bonds. The minimum Gasteiger partial charge on any atom is -0.482 e. The van der Waals surface area contributed by atoms with E-state index >= 15 is 0 Å². The van der Waals surface area contributed by atoms with Crippen LogP contribution in [-0.4, -0.2) is 44.0 Å². The van der Waals surface area contributed by atoms with Crippen LogP contribution in [0, 0.1) is 0 Å². The van der Waals surface area contributed by atoms with Crippen molar-refractivity contribution in [1.29, 1.82) is 0 Å². The van der Waals surface area contributed by atoms with Crippen LogP contribution in [-0.2, 0) is 14.8 Å². The van der Waals surface area contributed by atoms with Crippen LogP contribution < -0.4 is 4.74 Å². The lowest BCUT2D eigenvalue weighted by atomic mass is 10.3. The van der Waals surface area contributed by atoms with Crippen molar-refractivity contribution in [1.82, 2.24) is 4.31 Å². The van der Waals surface area contributed by atoms with Crippen LogP contribution in [0.4, 0.5) is 0 Å². The molecule has 0 bridgehead atoms. The molecule has 0 fully saturated rings. The Labute approximate surface area is 112 Å². The van der Waals surface area contributed by atoms with Gasteiger partial charge in [-0.05, 0) is 30.7 Å². The van der Waals surface area contributed by atoms with Gasteiger partial charge < -0.3 is 9.84 Å². The van der Waals surface area contributed by atoms with Crippen molar-refractivity contribution in [3.63, 3.8) is 0 Å². The van der Waals surface area contributed by atoms with Crippen LogP contribution in [0.3, 0.4) is 0 Å². The van der Waals surface area contributed by atoms with Gasteiger partial charge in [0, 0.05) is 13.6 Å². The average molecular weight is 287 g/mol. The maximum absolute atomic E-state index is 12.1. The predicted octanol–water partition coefficient (Wildman–Crippen LogP) is 1.18. The van der Waals surface area contributed by atoms with Gasteiger partial charge in [-0.2, -0.15) is 0 Å². The summed E-state index contributed by atoms with van der Waals surface area (Å²) in [5, 5.41) is 8.46. The Hall–Kier alpha value is -1.60. The lowest BCUT2D eigenvalue weighted by molar-refractivity contribution is -0.139. The minimum atomic E-state index is -3.49. The molecule has 19 heavy (non-hydrogen) atoms. The molecule has 106 valence electrons. The lowest BCUT2D eigenvalue weighted by Crippen LogP contribution is -2.27. The summed E-state index contributed by atoms with van der Waals surface area (Å²) in [7, 11) is -1.97. The Balaban J connectivity index is 2.83. The monoisotopic (exact) mass is 287 g/mol. The van der Waals surface area contributed by atoms with E-state index in [2.05, 4.69) is 0 Å². The fraction of sp³-hybridized carbons (Fsp3) is 0.417. The molecule has 6 nitrogen and oxygen atoms in total. The molecule has 0 radical (unpaired) electrons. The summed E-state index contributed by atoms with van der Waals surface area (Å²) in [5.41, 5.74) is 0. The molecule has 0 aliphatic rings. The third-order valence-corrected chi connectivity index (χ3v) is 4.30. The molecule has 1 aromatic rings. The summed E-state index contributed by atoms with van der Waals surface area (Å²) in [5.74, 6) is -0.765. The molecule has 7 heteroatoms. The van der Waals surface area contributed by atoms with E-state index < -0.39 is 22.6 Å². The fourth-order valence-electron chi connectivity index (χ4n) is 1.47. The van der Waals surface area contributed by atoms with Gasteiger partial charge in [0.05, 0.1) is 4.90 Å². The summed E-state index contributed by atoms with van der Waals surface area (Å²) < 4.78 is 30.4. The minimum absolute atomic E-state index is 0.158. The van der Waals surface area contributed by atoms with Crippen LogP contribution in [0.2, 0.25) is 0 Å². The second-order valence-electron chi connectivity index (χ2n) is 3.98. The molecule has 0 saturated carbocycles. The summed E-state index contributed by atoms with van der Waals surface area (Å²) in [6.45, 7) is 1.89. The molecule has 0 heterocycles. The first-order valence-corrected chi connectivity index (χ1v) is 7.23. The predicted molar refractivity (Wildman–Crippen MR) is 69.7 cm³/mol. The topological polar surface area (TPSA) is 83.9 Å². The molecular formula is C12H17NO5S. The second-order valence-corrected chi connectivity index (χ2v) is 6.03. The molecule has 1 N–H and O–H groups in total. The van der Waals surface area contributed by atoms with Gasteiger partial charge in [-0.25, -0.2) is 17.5 Å². The number of nitrogens with zero attached hydrogens (tertiary/aromatic N) is 1. The number of sulfonamides is 1. The average Bonchev–Trinajstić information content (AvgIpc) is 2.37. The molecule has 0 unspecified atom stereocenters. The summed E-state index contributed by atoms with van der Waals surface area (Å²) >= 11 is 0. The number of benzene rings is 1. The second kappa shape index (κ2) is 6.53. The van der Waals surface area contributed by atoms with Gasteiger partial charge >= 0.3 is 5.97 Å². The maximum atomic E-state index is 12.1. The number of aliphatic carboxylic acids is 1. The largest absolute Gasteiger partial charge is 0.482 e. The standard InChI is InChI=1S/C12H17NO5S/c1-3-8-13(2)19(16,17)11-6-4-10(5-7-11)18-9-12(14)15/h4-7H,3,8-9H2,1-2H3,(H,14,15). The van der Waals surface area contributed by atoms with Gasteiger partial charge in [-0.15, -0.1) is 0 Å². The van der Waals surface area contributed by atoms with Crippen molar-refractivity contribution < 1.29 is 23.1 Å². The lowest BCUT2D eigenvalue weighted by Gasteiger charge is -2.16. The van der Waals surface area contributed by atoms with E-state index in [1.165, 1.54) is 35.6 Å². The molecular weight excluding hydrogens is 270 g/mol. The first-order chi connectivity index (χ1) is 8.87. The van der Waals surface area contributed by atoms with Crippen LogP contribution in [0.5, 0.6) is 5.75 Å². The van der Waals surface area contributed by atoms with Crippen LogP contribution in [0.1, 0.15) is 13.3 Å². The van der Waals surface area contributed by atoms with Crippen LogP contribution in [0.25, 0.3) is 0 Å². The number of hydrogen-bond donors (Lipinski definition) is 1. The molecule has 0 aliphatic heterocycles. The third kappa shape index (κ3) is 4.22. The first kappa shape index (κ1) is 15.5. The number of rotatable bonds is 7. The zero-order valence-corrected chi connectivity index (χ0v) is 11.7. The highest BCUT2D eigenvalue weighted by atomic mass is 32.2. The Morgan fingerprint density at radius 2 is 1.89 bits per heavy atom. The van der Waals surface area contributed by atoms with Crippen molar-refractivity contribution in [2.24, 2.45) is 0 Å². The zero-order chi connectivity index (χ0) is 14.5. The van der Waals surface area contributed by atoms with Gasteiger partial charge in [0.25, 0.3) is 0 Å². The molecule has 0 aromatic heterocycles. The maximum Gasteiger partial charge on any atom is 0.341 e. The highest BCUT2D eigenvalue weighted by Gasteiger charge is 2.19. The number of ether oxygens (including phenoxy) is 1. The van der Waals surface area contributed by atoms with E-state index in [4.69, 9.17) is 9.84 Å². The van der Waals surface area contributed by atoms with E-state index in [0.717, 1.165) is 6.42 Å². The normalized spacial score (nSPS) is 11.5. The third-order valence-electron chi connectivity index (χ3n) is 2.43. The van der Waals surface area contributed by atoms with Crippen LogP contribution in [0.15, 0.2) is 29.2 Å². The van der Waals surface area contributed by atoms with E-state index in [0.29, 0.717) is 12.3 Å². The number of carboxylic acids is 1. The number of carbonyl (C=O) groups is 1. The van der Waals surface area contributed by atoms with Gasteiger partial charge in [0.1, 0.15) is 5.75 Å². The summed E-state index contributed by atoms with van der Waals surface area (Å²) in [6.07, 6.45) is 0.732. The number of carboxylic acid groups (broad SMARTS) is 1. The van der Waals surface area contributed by atoms with Crippen molar-refractivity contribution in [2.75, 3.05) is 20.2 Å². The highest BCUT2D eigenvalue weighted by Crippen LogP contribution is 2.18. The van der Waals surface area contributed by atoms with Gasteiger partial charge in [0.15, 0.2) is 6.61 Å². The number of hydrogen-bond acceptors (Lipinski definition) is 4. The molecule has 1 rings (SSSR count). The first-order valence-electron chi connectivity index (χ1n) is 5.79. The molecule has 0 aliphatic carbocycles. The van der Waals surface area contributed by atoms with Gasteiger partial charge in [-0.3, -0.25) is 0 Å². The zero-order valence-electron chi connectivity index (χ0n) is 10.9. The Bertz CT molecular complexity index is 524. The Morgan fingerprint density at radius 1 is 1.32 bits per heavy atom. The molecule has 0 spiro atoms. The Kier molecular flexibility index (Phi) is 5.31. The SMILES string of the molecule is CCCN(C)S(=O)(=O)c1ccc(OCC(=O)O)cc1. The summed E-state index contributed by atoms with van der Waals surface area (Å²) in [6, 6.07) is 5.68. The smallest absolute Gasteiger partial charge is 0.341 e. The van der Waals surface area contributed by atoms with Crippen molar-refractivity contribution >= 4 is 16.0 Å². The van der Waals surface area contributed by atoms with Crippen molar-refractivity contribution in [2.45, 2.75) is 18.2 Å². The Morgan fingerprint density at radius 3 is 2.37 bits per heavy atom. The van der Waals surface area contributed by atoms with E-state index in [9.17, 15) is 13.2 Å². The van der Waals surface area contributed by atoms with Crippen LogP contribution >= 0.6 is 0 Å². The molecule has 0 saturated heterocycles. The van der Waals surface area contributed by atoms with Gasteiger partial charge in [-0.1, -0.05) is 6.92 Å². The van der Waals surface area contributed by atoms with E-state index in [-0.39, 0.29) is 4.90 Å². The van der Waals surface area contributed by atoms with E-state index in [1.807, 2.05) is 6.92 Å². The summed E-state index contributed by atoms with van der Waals surface area (Å²) in [4.78, 5) is 10.5. The fourth-order valence-corrected chi connectivity index (χ4v) is 2.73. The molecule has 1 aromatic carbocycles. The van der Waals surface area contributed by atoms with Gasteiger partial charge in [0.2, 0.25) is 10.0 Å². The van der Waals surface area contributed by atoms with Crippen molar-refractivity contribution in [3.05, 3.63) is 24.3 Å². The molecule has 0 atom stereocenters. The van der Waals surface area contributed by atoms with E-state index in [1.54, 1.807) is 0 Å². The quantitative estimate of drug-likeness (QED) is 0.814.